The number of benzene rings is 2. The molecule has 26 heavy (non-hydrogen) atoms. The largest absolute Gasteiger partial charge is 0.381 e. The summed E-state index contributed by atoms with van der Waals surface area (Å²) in [5.74, 6) is -0.480. The average molecular weight is 348 g/mol. The number of rotatable bonds is 4. The van der Waals surface area contributed by atoms with E-state index in [9.17, 15) is 4.79 Å². The number of hydrogen-bond donors (Lipinski definition) is 0. The Hall–Kier alpha value is -2.95. The molecule has 0 aromatic heterocycles. The smallest absolute Gasteiger partial charge is 0.376 e. The van der Waals surface area contributed by atoms with E-state index in [1.54, 1.807) is 0 Å². The van der Waals surface area contributed by atoms with Crippen molar-refractivity contribution in [2.45, 2.75) is 31.8 Å². The fraction of sp³-hybridized carbons (Fsp3) is 0.286. The molecule has 1 saturated carbocycles. The lowest BCUT2D eigenvalue weighted by atomic mass is 9.88. The Morgan fingerprint density at radius 1 is 1.12 bits per heavy atom. The summed E-state index contributed by atoms with van der Waals surface area (Å²) in [7, 11) is 0. The third-order valence-corrected chi connectivity index (χ3v) is 5.12. The van der Waals surface area contributed by atoms with Crippen molar-refractivity contribution in [2.75, 3.05) is 0 Å². The molecule has 5 nitrogen and oxygen atoms in total. The van der Waals surface area contributed by atoms with E-state index in [0.29, 0.717) is 12.1 Å². The number of fused-ring (bicyclic) bond motifs is 1. The third-order valence-electron chi connectivity index (χ3n) is 5.12. The van der Waals surface area contributed by atoms with E-state index in [2.05, 4.69) is 10.3 Å². The van der Waals surface area contributed by atoms with Crippen molar-refractivity contribution in [3.8, 4) is 0 Å². The standard InChI is InChI=1S/C21H20N2O3/c1-15-18-13-8-14-21(18,26-22-15)20(24)25-23-19(16-9-4-2-5-10-16)17-11-6-3-7-12-17/h2-7,9-12,18H,8,13-14H2,1H3. The summed E-state index contributed by atoms with van der Waals surface area (Å²) in [5.41, 5.74) is 2.22. The molecule has 1 aliphatic carbocycles. The van der Waals surface area contributed by atoms with Gasteiger partial charge in [-0.05, 0) is 19.8 Å². The number of nitrogens with zero attached hydrogens (tertiary/aromatic N) is 2. The van der Waals surface area contributed by atoms with Crippen molar-refractivity contribution in [1.82, 2.24) is 0 Å². The minimum atomic E-state index is -1.01. The van der Waals surface area contributed by atoms with Crippen LogP contribution in [0.15, 0.2) is 71.0 Å². The van der Waals surface area contributed by atoms with Crippen LogP contribution >= 0.6 is 0 Å². The van der Waals surface area contributed by atoms with Crippen molar-refractivity contribution >= 4 is 17.4 Å². The Morgan fingerprint density at radius 2 is 1.73 bits per heavy atom. The van der Waals surface area contributed by atoms with Crippen molar-refractivity contribution in [3.63, 3.8) is 0 Å². The van der Waals surface area contributed by atoms with Crippen LogP contribution in [0, 0.1) is 5.92 Å². The van der Waals surface area contributed by atoms with Crippen LogP contribution in [0.25, 0.3) is 0 Å². The van der Waals surface area contributed by atoms with E-state index in [1.807, 2.05) is 67.6 Å². The van der Waals surface area contributed by atoms with E-state index in [0.717, 1.165) is 29.7 Å². The van der Waals surface area contributed by atoms with Crippen molar-refractivity contribution < 1.29 is 14.5 Å². The Balaban J connectivity index is 1.63. The second-order valence-electron chi connectivity index (χ2n) is 6.71. The van der Waals surface area contributed by atoms with Gasteiger partial charge in [-0.1, -0.05) is 71.0 Å². The summed E-state index contributed by atoms with van der Waals surface area (Å²) >= 11 is 0. The highest BCUT2D eigenvalue weighted by atomic mass is 16.7. The monoisotopic (exact) mass is 348 g/mol. The average Bonchev–Trinajstić information content (AvgIpc) is 3.25. The summed E-state index contributed by atoms with van der Waals surface area (Å²) in [4.78, 5) is 23.8. The summed E-state index contributed by atoms with van der Waals surface area (Å²) in [6.45, 7) is 1.90. The van der Waals surface area contributed by atoms with Gasteiger partial charge in [0.2, 0.25) is 5.60 Å². The molecule has 2 aliphatic rings. The number of hydrogen-bond acceptors (Lipinski definition) is 5. The normalized spacial score (nSPS) is 23.6. The Morgan fingerprint density at radius 3 is 2.35 bits per heavy atom. The van der Waals surface area contributed by atoms with E-state index < -0.39 is 11.6 Å². The lowest BCUT2D eigenvalue weighted by molar-refractivity contribution is -0.171. The Bertz CT molecular complexity index is 820. The third kappa shape index (κ3) is 2.79. The van der Waals surface area contributed by atoms with E-state index in [-0.39, 0.29) is 5.92 Å². The van der Waals surface area contributed by atoms with Crippen LogP contribution in [0.5, 0.6) is 0 Å². The first-order valence-electron chi connectivity index (χ1n) is 8.84. The number of oxime groups is 2. The van der Waals surface area contributed by atoms with Crippen molar-refractivity contribution in [1.29, 1.82) is 0 Å². The molecule has 132 valence electrons. The van der Waals surface area contributed by atoms with Crippen LogP contribution < -0.4 is 0 Å². The van der Waals surface area contributed by atoms with Gasteiger partial charge >= 0.3 is 5.97 Å². The quantitative estimate of drug-likeness (QED) is 0.478. The molecule has 0 spiro atoms. The van der Waals surface area contributed by atoms with Gasteiger partial charge in [0.15, 0.2) is 0 Å². The molecule has 2 unspecified atom stereocenters. The molecular formula is C21H20N2O3. The fourth-order valence-corrected chi connectivity index (χ4v) is 3.76. The van der Waals surface area contributed by atoms with Crippen LogP contribution in [-0.2, 0) is 14.5 Å². The van der Waals surface area contributed by atoms with Gasteiger partial charge in [-0.15, -0.1) is 0 Å². The summed E-state index contributed by atoms with van der Waals surface area (Å²) in [5, 5.41) is 8.25. The van der Waals surface area contributed by atoms with Gasteiger partial charge in [-0.2, -0.15) is 0 Å². The SMILES string of the molecule is CC1=NOC2(C(=O)ON=C(c3ccccc3)c3ccccc3)CCCC12. The number of carbonyl (C=O) groups is 1. The highest BCUT2D eigenvalue weighted by Crippen LogP contribution is 2.44. The Kier molecular flexibility index (Phi) is 4.29. The summed E-state index contributed by atoms with van der Waals surface area (Å²) in [6.07, 6.45) is 2.41. The lowest BCUT2D eigenvalue weighted by Crippen LogP contribution is -2.43. The molecule has 2 atom stereocenters. The van der Waals surface area contributed by atoms with Crippen LogP contribution in [0.4, 0.5) is 0 Å². The topological polar surface area (TPSA) is 60.2 Å². The zero-order chi connectivity index (χ0) is 18.0. The summed E-state index contributed by atoms with van der Waals surface area (Å²) in [6, 6.07) is 19.4. The molecule has 2 aromatic rings. The van der Waals surface area contributed by atoms with Gasteiger partial charge in [0, 0.05) is 17.5 Å². The van der Waals surface area contributed by atoms with Gasteiger partial charge in [0.05, 0.1) is 11.6 Å². The van der Waals surface area contributed by atoms with Crippen LogP contribution in [0.2, 0.25) is 0 Å². The maximum Gasteiger partial charge on any atom is 0.381 e. The van der Waals surface area contributed by atoms with Gasteiger partial charge in [0.25, 0.3) is 0 Å². The van der Waals surface area contributed by atoms with E-state index >= 15 is 0 Å². The first kappa shape index (κ1) is 16.5. The first-order valence-corrected chi connectivity index (χ1v) is 8.84. The molecule has 1 aliphatic heterocycles. The first-order chi connectivity index (χ1) is 12.7. The molecule has 0 radical (unpaired) electrons. The van der Waals surface area contributed by atoms with E-state index in [4.69, 9.17) is 9.68 Å². The maximum absolute atomic E-state index is 12.8. The van der Waals surface area contributed by atoms with Crippen LogP contribution in [0.1, 0.15) is 37.3 Å². The molecule has 4 rings (SSSR count). The molecule has 0 bridgehead atoms. The molecular weight excluding hydrogens is 328 g/mol. The highest BCUT2D eigenvalue weighted by molar-refractivity contribution is 6.12. The summed E-state index contributed by atoms with van der Waals surface area (Å²) < 4.78 is 0. The van der Waals surface area contributed by atoms with Crippen LogP contribution in [0.3, 0.4) is 0 Å². The molecule has 0 amide bonds. The molecule has 1 heterocycles. The zero-order valence-corrected chi connectivity index (χ0v) is 14.6. The lowest BCUT2D eigenvalue weighted by Gasteiger charge is -2.22. The molecule has 1 fully saturated rings. The van der Waals surface area contributed by atoms with Gasteiger partial charge in [-0.3, -0.25) is 0 Å². The molecule has 0 saturated heterocycles. The number of carbonyl (C=O) groups excluding carboxylic acids is 1. The Labute approximate surface area is 152 Å². The van der Waals surface area contributed by atoms with Gasteiger partial charge in [0.1, 0.15) is 5.71 Å². The fourth-order valence-electron chi connectivity index (χ4n) is 3.76. The molecule has 2 aromatic carbocycles. The predicted octanol–water partition coefficient (Wildman–Crippen LogP) is 3.93. The van der Waals surface area contributed by atoms with Crippen molar-refractivity contribution in [2.24, 2.45) is 16.2 Å². The zero-order valence-electron chi connectivity index (χ0n) is 14.6. The highest BCUT2D eigenvalue weighted by Gasteiger charge is 2.58. The molecule has 0 N–H and O–H groups in total. The maximum atomic E-state index is 12.8. The second-order valence-corrected chi connectivity index (χ2v) is 6.71. The molecule has 5 heteroatoms. The minimum Gasteiger partial charge on any atom is -0.376 e. The van der Waals surface area contributed by atoms with E-state index in [1.165, 1.54) is 0 Å². The van der Waals surface area contributed by atoms with Crippen molar-refractivity contribution in [3.05, 3.63) is 71.8 Å². The minimum absolute atomic E-state index is 0.0119. The predicted molar refractivity (Wildman–Crippen MR) is 98.9 cm³/mol. The van der Waals surface area contributed by atoms with Gasteiger partial charge < -0.3 is 9.68 Å². The second kappa shape index (κ2) is 6.75. The van der Waals surface area contributed by atoms with Gasteiger partial charge in [-0.25, -0.2) is 4.79 Å². The van der Waals surface area contributed by atoms with Crippen LogP contribution in [-0.4, -0.2) is 23.0 Å².